The van der Waals surface area contributed by atoms with E-state index in [1.807, 2.05) is 11.9 Å². The van der Waals surface area contributed by atoms with Crippen LogP contribution >= 0.6 is 0 Å². The largest absolute Gasteiger partial charge is 0.345 e. The Morgan fingerprint density at radius 3 is 2.67 bits per heavy atom. The molecule has 1 amide bonds. The van der Waals surface area contributed by atoms with Gasteiger partial charge in [0.25, 0.3) is 0 Å². The molecule has 0 atom stereocenters. The predicted octanol–water partition coefficient (Wildman–Crippen LogP) is 3.76. The average Bonchev–Trinajstić information content (AvgIpc) is 2.95. The Bertz CT molecular complexity index is 502. The third-order valence-corrected chi connectivity index (χ3v) is 5.20. The monoisotopic (exact) mass is 285 g/mol. The number of hydrogen-bond donors (Lipinski definition) is 0. The number of nitrogens with zero attached hydrogens (tertiary/aromatic N) is 1. The fourth-order valence-corrected chi connectivity index (χ4v) is 3.90. The minimum Gasteiger partial charge on any atom is -0.345 e. The van der Waals surface area contributed by atoms with Gasteiger partial charge in [-0.15, -0.1) is 0 Å². The topological polar surface area (TPSA) is 20.3 Å². The smallest absolute Gasteiger partial charge is 0.226 e. The van der Waals surface area contributed by atoms with Crippen LogP contribution in [0.4, 0.5) is 0 Å². The molecule has 0 spiro atoms. The van der Waals surface area contributed by atoms with Crippen molar-refractivity contribution in [3.8, 4) is 0 Å². The molecule has 0 aromatic heterocycles. The minimum absolute atomic E-state index is 0.276. The lowest BCUT2D eigenvalue weighted by Crippen LogP contribution is -2.33. The molecule has 1 fully saturated rings. The van der Waals surface area contributed by atoms with E-state index < -0.39 is 0 Å². The maximum absolute atomic E-state index is 12.4. The van der Waals surface area contributed by atoms with E-state index in [9.17, 15) is 4.79 Å². The zero-order valence-corrected chi connectivity index (χ0v) is 13.2. The summed E-state index contributed by atoms with van der Waals surface area (Å²) in [6, 6.07) is 6.64. The molecular formula is C19H27NO. The second-order valence-corrected chi connectivity index (χ2v) is 6.91. The Morgan fingerprint density at radius 2 is 1.86 bits per heavy atom. The lowest BCUT2D eigenvalue weighted by molar-refractivity contribution is -0.129. The first-order valence-corrected chi connectivity index (χ1v) is 8.57. The van der Waals surface area contributed by atoms with Gasteiger partial charge < -0.3 is 4.90 Å². The van der Waals surface area contributed by atoms with Gasteiger partial charge in [-0.1, -0.05) is 37.5 Å². The predicted molar refractivity (Wildman–Crippen MR) is 86.4 cm³/mol. The molecule has 0 bridgehead atoms. The third kappa shape index (κ3) is 3.66. The number of carbonyl (C=O) groups excluding carboxylic acids is 1. The van der Waals surface area contributed by atoms with Gasteiger partial charge in [0.2, 0.25) is 5.91 Å². The molecule has 0 saturated heterocycles. The molecular weight excluding hydrogens is 258 g/mol. The Morgan fingerprint density at radius 1 is 1.10 bits per heavy atom. The van der Waals surface area contributed by atoms with Crippen molar-refractivity contribution in [1.29, 1.82) is 0 Å². The van der Waals surface area contributed by atoms with E-state index in [0.29, 0.717) is 6.42 Å². The number of carbonyl (C=O) groups is 1. The number of amides is 1. The van der Waals surface area contributed by atoms with Crippen molar-refractivity contribution in [1.82, 2.24) is 4.90 Å². The Kier molecular flexibility index (Phi) is 4.62. The van der Waals surface area contributed by atoms with E-state index in [4.69, 9.17) is 0 Å². The summed E-state index contributed by atoms with van der Waals surface area (Å²) in [4.78, 5) is 14.4. The van der Waals surface area contributed by atoms with Gasteiger partial charge in [0.15, 0.2) is 0 Å². The number of rotatable bonds is 4. The molecule has 1 aromatic carbocycles. The van der Waals surface area contributed by atoms with E-state index in [1.165, 1.54) is 68.1 Å². The molecule has 1 saturated carbocycles. The van der Waals surface area contributed by atoms with Gasteiger partial charge in [-0.2, -0.15) is 0 Å². The van der Waals surface area contributed by atoms with Gasteiger partial charge in [0.1, 0.15) is 0 Å². The summed E-state index contributed by atoms with van der Waals surface area (Å²) in [6.45, 7) is 0.948. The van der Waals surface area contributed by atoms with Crippen LogP contribution in [0.5, 0.6) is 0 Å². The van der Waals surface area contributed by atoms with Gasteiger partial charge in [-0.05, 0) is 54.7 Å². The highest BCUT2D eigenvalue weighted by Crippen LogP contribution is 2.25. The van der Waals surface area contributed by atoms with Crippen LogP contribution in [-0.4, -0.2) is 24.4 Å². The van der Waals surface area contributed by atoms with Crippen molar-refractivity contribution in [2.75, 3.05) is 13.6 Å². The first kappa shape index (κ1) is 14.6. The summed E-state index contributed by atoms with van der Waals surface area (Å²) in [7, 11) is 1.98. The highest BCUT2D eigenvalue weighted by atomic mass is 16.2. The van der Waals surface area contributed by atoms with Crippen molar-refractivity contribution in [3.63, 3.8) is 0 Å². The average molecular weight is 285 g/mol. The van der Waals surface area contributed by atoms with Crippen LogP contribution in [0, 0.1) is 5.92 Å². The van der Waals surface area contributed by atoms with Crippen LogP contribution in [-0.2, 0) is 24.1 Å². The highest BCUT2D eigenvalue weighted by molar-refractivity contribution is 5.78. The number of aryl methyl sites for hydroxylation is 2. The van der Waals surface area contributed by atoms with E-state index in [0.717, 1.165) is 12.5 Å². The quantitative estimate of drug-likeness (QED) is 0.825. The van der Waals surface area contributed by atoms with Crippen LogP contribution in [0.15, 0.2) is 18.2 Å². The number of hydrogen-bond acceptors (Lipinski definition) is 1. The zero-order valence-electron chi connectivity index (χ0n) is 13.2. The summed E-state index contributed by atoms with van der Waals surface area (Å²) in [5.41, 5.74) is 4.15. The van der Waals surface area contributed by atoms with Crippen molar-refractivity contribution < 1.29 is 4.79 Å². The van der Waals surface area contributed by atoms with Crippen LogP contribution in [0.2, 0.25) is 0 Å². The van der Waals surface area contributed by atoms with Crippen LogP contribution in [0.25, 0.3) is 0 Å². The molecule has 2 heteroatoms. The summed E-state index contributed by atoms with van der Waals surface area (Å²) in [5.74, 6) is 1.01. The van der Waals surface area contributed by atoms with Crippen molar-refractivity contribution >= 4 is 5.91 Å². The molecule has 1 aromatic rings. The fraction of sp³-hybridized carbons (Fsp3) is 0.632. The molecule has 2 aliphatic carbocycles. The van der Waals surface area contributed by atoms with Crippen LogP contribution in [0.1, 0.15) is 55.2 Å². The van der Waals surface area contributed by atoms with Crippen LogP contribution in [0.3, 0.4) is 0 Å². The normalized spacial score (nSPS) is 18.5. The molecule has 0 radical (unpaired) electrons. The lowest BCUT2D eigenvalue weighted by Gasteiger charge is -2.27. The van der Waals surface area contributed by atoms with Gasteiger partial charge in [-0.3, -0.25) is 4.79 Å². The minimum atomic E-state index is 0.276. The molecule has 0 N–H and O–H groups in total. The molecule has 3 rings (SSSR count). The van der Waals surface area contributed by atoms with Gasteiger partial charge in [0.05, 0.1) is 6.42 Å². The number of benzene rings is 1. The maximum Gasteiger partial charge on any atom is 0.226 e. The molecule has 2 aliphatic rings. The highest BCUT2D eigenvalue weighted by Gasteiger charge is 2.19. The van der Waals surface area contributed by atoms with E-state index in [1.54, 1.807) is 0 Å². The second kappa shape index (κ2) is 6.64. The van der Waals surface area contributed by atoms with Crippen molar-refractivity contribution in [3.05, 3.63) is 34.9 Å². The lowest BCUT2D eigenvalue weighted by atomic mass is 9.89. The number of fused-ring (bicyclic) bond motifs is 1. The first-order chi connectivity index (χ1) is 10.2. The van der Waals surface area contributed by atoms with Crippen molar-refractivity contribution in [2.24, 2.45) is 5.92 Å². The van der Waals surface area contributed by atoms with E-state index in [-0.39, 0.29) is 5.91 Å². The SMILES string of the molecule is CN(CC1CCCCC1)C(=O)Cc1ccc2c(c1)CCC2. The fourth-order valence-electron chi connectivity index (χ4n) is 3.90. The van der Waals surface area contributed by atoms with Gasteiger partial charge in [0, 0.05) is 13.6 Å². The second-order valence-electron chi connectivity index (χ2n) is 6.91. The molecule has 2 nitrogen and oxygen atoms in total. The summed E-state index contributed by atoms with van der Waals surface area (Å²) < 4.78 is 0. The molecule has 114 valence electrons. The Hall–Kier alpha value is -1.31. The summed E-state index contributed by atoms with van der Waals surface area (Å²) >= 11 is 0. The van der Waals surface area contributed by atoms with Gasteiger partial charge >= 0.3 is 0 Å². The standard InChI is InChI=1S/C19H27NO/c1-20(14-15-6-3-2-4-7-15)19(21)13-16-10-11-17-8-5-9-18(17)12-16/h10-12,15H,2-9,13-14H2,1H3. The van der Waals surface area contributed by atoms with Crippen LogP contribution < -0.4 is 0 Å². The summed E-state index contributed by atoms with van der Waals surface area (Å²) in [5, 5.41) is 0. The Labute approximate surface area is 128 Å². The molecule has 21 heavy (non-hydrogen) atoms. The molecule has 0 aliphatic heterocycles. The number of likely N-dealkylation sites (N-methyl/N-ethyl adjacent to an activating group) is 1. The first-order valence-electron chi connectivity index (χ1n) is 8.57. The molecule has 0 heterocycles. The van der Waals surface area contributed by atoms with Crippen molar-refractivity contribution in [2.45, 2.75) is 57.8 Å². The Balaban J connectivity index is 1.55. The van der Waals surface area contributed by atoms with E-state index in [2.05, 4.69) is 18.2 Å². The molecule has 0 unspecified atom stereocenters. The third-order valence-electron chi connectivity index (χ3n) is 5.20. The van der Waals surface area contributed by atoms with Gasteiger partial charge in [-0.25, -0.2) is 0 Å². The van der Waals surface area contributed by atoms with E-state index >= 15 is 0 Å². The summed E-state index contributed by atoms with van der Waals surface area (Å²) in [6.07, 6.45) is 10.9. The zero-order chi connectivity index (χ0) is 14.7. The maximum atomic E-state index is 12.4.